The van der Waals surface area contributed by atoms with Crippen molar-refractivity contribution in [1.82, 2.24) is 5.32 Å². The van der Waals surface area contributed by atoms with Gasteiger partial charge in [-0.2, -0.15) is 11.8 Å². The van der Waals surface area contributed by atoms with E-state index in [1.165, 1.54) is 0 Å². The summed E-state index contributed by atoms with van der Waals surface area (Å²) in [7, 11) is 0. The Morgan fingerprint density at radius 3 is 2.56 bits per heavy atom. The summed E-state index contributed by atoms with van der Waals surface area (Å²) in [5.74, 6) is 0.887. The molecule has 2 fully saturated rings. The summed E-state index contributed by atoms with van der Waals surface area (Å²) < 4.78 is 5.18. The van der Waals surface area contributed by atoms with Crippen molar-refractivity contribution in [2.24, 2.45) is 0 Å². The number of carbonyl (C=O) groups is 2. The van der Waals surface area contributed by atoms with E-state index in [1.807, 2.05) is 11.8 Å². The molecule has 0 spiro atoms. The summed E-state index contributed by atoms with van der Waals surface area (Å²) in [5.41, 5.74) is 0. The van der Waals surface area contributed by atoms with Gasteiger partial charge in [0, 0.05) is 11.8 Å². The molecule has 2 aliphatic heterocycles. The van der Waals surface area contributed by atoms with Gasteiger partial charge in [0.15, 0.2) is 6.10 Å². The Bertz CT molecular complexity index is 291. The third-order valence-corrected chi connectivity index (χ3v) is 4.03. The first-order chi connectivity index (χ1) is 7.66. The van der Waals surface area contributed by atoms with Crippen LogP contribution < -0.4 is 5.32 Å². The second-order valence-electron chi connectivity index (χ2n) is 4.10. The molecule has 0 radical (unpaired) electrons. The van der Waals surface area contributed by atoms with E-state index < -0.39 is 18.2 Å². The Morgan fingerprint density at radius 1 is 1.25 bits per heavy atom. The van der Waals surface area contributed by atoms with Crippen LogP contribution in [0.5, 0.6) is 0 Å². The summed E-state index contributed by atoms with van der Waals surface area (Å²) in [6.45, 7) is 0. The van der Waals surface area contributed by atoms with Gasteiger partial charge in [0.2, 0.25) is 5.91 Å². The van der Waals surface area contributed by atoms with Crippen molar-refractivity contribution in [3.05, 3.63) is 0 Å². The Kier molecular flexibility index (Phi) is 3.70. The third-order valence-electron chi connectivity index (χ3n) is 2.86. The van der Waals surface area contributed by atoms with E-state index in [0.29, 0.717) is 12.8 Å². The van der Waals surface area contributed by atoms with Gasteiger partial charge in [-0.1, -0.05) is 0 Å². The molecular formula is C10H15NO4S. The maximum Gasteiger partial charge on any atom is 0.332 e. The normalized spacial score (nSPS) is 33.9. The molecule has 2 heterocycles. The van der Waals surface area contributed by atoms with Gasteiger partial charge in [0.1, 0.15) is 6.10 Å². The van der Waals surface area contributed by atoms with Crippen LogP contribution >= 0.6 is 11.8 Å². The number of carboxylic acids is 1. The van der Waals surface area contributed by atoms with Crippen LogP contribution in [-0.4, -0.2) is 46.7 Å². The average molecular weight is 245 g/mol. The molecule has 2 saturated heterocycles. The van der Waals surface area contributed by atoms with Gasteiger partial charge >= 0.3 is 5.97 Å². The highest BCUT2D eigenvalue weighted by Gasteiger charge is 2.35. The predicted molar refractivity (Wildman–Crippen MR) is 59.4 cm³/mol. The standard InChI is InChI=1S/C10H15NO4S/c12-9(11-6-3-4-16-5-6)7-1-2-8(15-7)10(13)14/h6-8H,1-5H2,(H,11,12)(H,13,14)/t6?,7-,8+/m0/s1. The van der Waals surface area contributed by atoms with E-state index in [2.05, 4.69) is 5.32 Å². The monoisotopic (exact) mass is 245 g/mol. The minimum atomic E-state index is -0.980. The largest absolute Gasteiger partial charge is 0.479 e. The van der Waals surface area contributed by atoms with E-state index in [1.54, 1.807) is 0 Å². The number of hydrogen-bond acceptors (Lipinski definition) is 4. The lowest BCUT2D eigenvalue weighted by Crippen LogP contribution is -2.41. The fourth-order valence-corrected chi connectivity index (χ4v) is 3.11. The first kappa shape index (κ1) is 11.7. The average Bonchev–Trinajstić information content (AvgIpc) is 2.86. The molecule has 0 bridgehead atoms. The summed E-state index contributed by atoms with van der Waals surface area (Å²) >= 11 is 1.82. The van der Waals surface area contributed by atoms with Crippen molar-refractivity contribution in [1.29, 1.82) is 0 Å². The molecule has 0 aromatic heterocycles. The van der Waals surface area contributed by atoms with E-state index in [9.17, 15) is 9.59 Å². The summed E-state index contributed by atoms with van der Waals surface area (Å²) in [4.78, 5) is 22.4. The van der Waals surface area contributed by atoms with Gasteiger partial charge in [0.05, 0.1) is 0 Å². The van der Waals surface area contributed by atoms with Gasteiger partial charge < -0.3 is 15.2 Å². The first-order valence-corrected chi connectivity index (χ1v) is 6.58. The molecule has 0 aromatic rings. The zero-order chi connectivity index (χ0) is 11.5. The molecule has 2 rings (SSSR count). The molecule has 6 heteroatoms. The van der Waals surface area contributed by atoms with E-state index in [-0.39, 0.29) is 11.9 Å². The molecule has 0 saturated carbocycles. The molecule has 3 atom stereocenters. The van der Waals surface area contributed by atoms with Crippen molar-refractivity contribution in [2.45, 2.75) is 37.5 Å². The summed E-state index contributed by atoms with van der Waals surface area (Å²) in [6.07, 6.45) is 0.529. The zero-order valence-electron chi connectivity index (χ0n) is 8.85. The third kappa shape index (κ3) is 2.68. The van der Waals surface area contributed by atoms with Crippen LogP contribution in [0.1, 0.15) is 19.3 Å². The molecule has 1 amide bonds. The quantitative estimate of drug-likeness (QED) is 0.745. The maximum absolute atomic E-state index is 11.7. The number of ether oxygens (including phenoxy) is 1. The topological polar surface area (TPSA) is 75.6 Å². The number of rotatable bonds is 3. The molecule has 0 aliphatic carbocycles. The van der Waals surface area contributed by atoms with Crippen molar-refractivity contribution < 1.29 is 19.4 Å². The number of carboxylic acid groups (broad SMARTS) is 1. The van der Waals surface area contributed by atoms with E-state index in [0.717, 1.165) is 17.9 Å². The lowest BCUT2D eigenvalue weighted by molar-refractivity contribution is -0.151. The smallest absolute Gasteiger partial charge is 0.332 e. The highest BCUT2D eigenvalue weighted by atomic mass is 32.2. The Labute approximate surface area is 97.9 Å². The fourth-order valence-electron chi connectivity index (χ4n) is 1.95. The van der Waals surface area contributed by atoms with E-state index in [4.69, 9.17) is 9.84 Å². The molecule has 5 nitrogen and oxygen atoms in total. The Balaban J connectivity index is 1.79. The predicted octanol–water partition coefficient (Wildman–Crippen LogP) is 0.240. The fraction of sp³-hybridized carbons (Fsp3) is 0.800. The van der Waals surface area contributed by atoms with Gasteiger partial charge in [0.25, 0.3) is 0 Å². The maximum atomic E-state index is 11.7. The SMILES string of the molecule is O=C(NC1CCSC1)[C@@H]1CC[C@H](C(=O)O)O1. The number of carbonyl (C=O) groups excluding carboxylic acids is 1. The molecule has 16 heavy (non-hydrogen) atoms. The van der Waals surface area contributed by atoms with E-state index >= 15 is 0 Å². The van der Waals surface area contributed by atoms with Crippen molar-refractivity contribution in [3.8, 4) is 0 Å². The molecular weight excluding hydrogens is 230 g/mol. The van der Waals surface area contributed by atoms with Crippen molar-refractivity contribution >= 4 is 23.6 Å². The number of hydrogen-bond donors (Lipinski definition) is 2. The number of amides is 1. The Hall–Kier alpha value is -0.750. The van der Waals surface area contributed by atoms with Crippen LogP contribution in [0.15, 0.2) is 0 Å². The number of aliphatic carboxylic acids is 1. The van der Waals surface area contributed by atoms with Crippen molar-refractivity contribution in [3.63, 3.8) is 0 Å². The molecule has 90 valence electrons. The molecule has 2 N–H and O–H groups in total. The Morgan fingerprint density at radius 2 is 2.00 bits per heavy atom. The second-order valence-corrected chi connectivity index (χ2v) is 5.25. The second kappa shape index (κ2) is 5.05. The van der Waals surface area contributed by atoms with Gasteiger partial charge in [-0.05, 0) is 25.0 Å². The first-order valence-electron chi connectivity index (χ1n) is 5.43. The van der Waals surface area contributed by atoms with Crippen molar-refractivity contribution in [2.75, 3.05) is 11.5 Å². The lowest BCUT2D eigenvalue weighted by Gasteiger charge is -2.15. The van der Waals surface area contributed by atoms with Crippen LogP contribution in [0.3, 0.4) is 0 Å². The molecule has 1 unspecified atom stereocenters. The summed E-state index contributed by atoms with van der Waals surface area (Å²) in [5, 5.41) is 11.6. The van der Waals surface area contributed by atoms with Gasteiger partial charge in [-0.25, -0.2) is 4.79 Å². The minimum absolute atomic E-state index is 0.156. The van der Waals surface area contributed by atoms with Crippen LogP contribution in [-0.2, 0) is 14.3 Å². The highest BCUT2D eigenvalue weighted by Crippen LogP contribution is 2.22. The van der Waals surface area contributed by atoms with Crippen LogP contribution in [0, 0.1) is 0 Å². The zero-order valence-corrected chi connectivity index (χ0v) is 9.66. The number of nitrogens with one attached hydrogen (secondary N) is 1. The molecule has 2 aliphatic rings. The van der Waals surface area contributed by atoms with Gasteiger partial charge in [-0.15, -0.1) is 0 Å². The molecule has 0 aromatic carbocycles. The lowest BCUT2D eigenvalue weighted by atomic mass is 10.1. The minimum Gasteiger partial charge on any atom is -0.479 e. The summed E-state index contributed by atoms with van der Waals surface area (Å²) in [6, 6.07) is 0.227. The van der Waals surface area contributed by atoms with Gasteiger partial charge in [-0.3, -0.25) is 4.79 Å². The van der Waals surface area contributed by atoms with Crippen LogP contribution in [0.4, 0.5) is 0 Å². The van der Waals surface area contributed by atoms with Crippen LogP contribution in [0.2, 0.25) is 0 Å². The number of thioether (sulfide) groups is 1. The van der Waals surface area contributed by atoms with Crippen LogP contribution in [0.25, 0.3) is 0 Å². The highest BCUT2D eigenvalue weighted by molar-refractivity contribution is 7.99.